The summed E-state index contributed by atoms with van der Waals surface area (Å²) in [5.41, 5.74) is 5.65. The van der Waals surface area contributed by atoms with Crippen molar-refractivity contribution in [2.45, 2.75) is 6.67 Å². The fourth-order valence-electron chi connectivity index (χ4n) is 1.28. The quantitative estimate of drug-likeness (QED) is 0.665. The van der Waals surface area contributed by atoms with Crippen LogP contribution in [-0.2, 0) is 6.67 Å². The van der Waals surface area contributed by atoms with Crippen LogP contribution in [0.4, 0.5) is 0 Å². The van der Waals surface area contributed by atoms with Gasteiger partial charge in [-0.3, -0.25) is 9.36 Å². The van der Waals surface area contributed by atoms with E-state index in [0.717, 1.165) is 0 Å². The van der Waals surface area contributed by atoms with Crippen LogP contribution in [0.25, 0.3) is 10.9 Å². The Labute approximate surface area is 79.4 Å². The van der Waals surface area contributed by atoms with Crippen molar-refractivity contribution in [1.82, 2.24) is 9.55 Å². The van der Waals surface area contributed by atoms with Gasteiger partial charge in [0.05, 0.1) is 23.9 Å². The topological polar surface area (TPSA) is 81.1 Å². The lowest BCUT2D eigenvalue weighted by molar-refractivity contribution is 0.476. The molecule has 0 saturated carbocycles. The van der Waals surface area contributed by atoms with Gasteiger partial charge in [-0.1, -0.05) is 0 Å². The number of aromatic hydroxyl groups is 1. The molecule has 0 bridgehead atoms. The van der Waals surface area contributed by atoms with Gasteiger partial charge < -0.3 is 10.8 Å². The summed E-state index contributed by atoms with van der Waals surface area (Å²) in [5, 5.41) is 9.58. The normalized spacial score (nSPS) is 10.6. The predicted octanol–water partition coefficient (Wildman–Crippen LogP) is 0.0183. The number of rotatable bonds is 1. The largest absolute Gasteiger partial charge is 0.508 e. The predicted molar refractivity (Wildman–Crippen MR) is 51.9 cm³/mol. The van der Waals surface area contributed by atoms with Crippen molar-refractivity contribution >= 4 is 10.9 Å². The SMILES string of the molecule is NCn1cnc2ccc(O)cc2c1=O. The maximum absolute atomic E-state index is 11.6. The molecule has 0 aliphatic rings. The molecule has 0 amide bonds. The molecule has 5 nitrogen and oxygen atoms in total. The third-order valence-corrected chi connectivity index (χ3v) is 2.00. The van der Waals surface area contributed by atoms with Crippen LogP contribution in [-0.4, -0.2) is 14.7 Å². The summed E-state index contributed by atoms with van der Waals surface area (Å²) in [6, 6.07) is 4.46. The van der Waals surface area contributed by atoms with Crippen LogP contribution < -0.4 is 11.3 Å². The van der Waals surface area contributed by atoms with E-state index in [2.05, 4.69) is 4.98 Å². The second-order valence-electron chi connectivity index (χ2n) is 2.90. The average Bonchev–Trinajstić information content (AvgIpc) is 2.20. The maximum atomic E-state index is 11.6. The number of phenols is 1. The highest BCUT2D eigenvalue weighted by Gasteiger charge is 2.03. The molecular weight excluding hydrogens is 182 g/mol. The Bertz CT molecular complexity index is 533. The van der Waals surface area contributed by atoms with Gasteiger partial charge in [0.1, 0.15) is 5.75 Å². The third-order valence-electron chi connectivity index (χ3n) is 2.00. The first-order chi connectivity index (χ1) is 6.72. The molecule has 0 aliphatic heterocycles. The standard InChI is InChI=1S/C9H9N3O2/c10-4-12-5-11-8-2-1-6(13)3-7(8)9(12)14/h1-3,5,13H,4,10H2. The van der Waals surface area contributed by atoms with E-state index in [1.807, 2.05) is 0 Å². The molecule has 2 rings (SSSR count). The number of fused-ring (bicyclic) bond motifs is 1. The van der Waals surface area contributed by atoms with Crippen molar-refractivity contribution in [1.29, 1.82) is 0 Å². The molecule has 0 saturated heterocycles. The zero-order chi connectivity index (χ0) is 10.1. The van der Waals surface area contributed by atoms with Gasteiger partial charge in [0.2, 0.25) is 0 Å². The van der Waals surface area contributed by atoms with Gasteiger partial charge >= 0.3 is 0 Å². The van der Waals surface area contributed by atoms with E-state index in [0.29, 0.717) is 10.9 Å². The highest BCUT2D eigenvalue weighted by Crippen LogP contribution is 2.14. The Balaban J connectivity index is 2.87. The van der Waals surface area contributed by atoms with Crippen molar-refractivity contribution in [3.05, 3.63) is 34.9 Å². The van der Waals surface area contributed by atoms with Crippen molar-refractivity contribution in [2.75, 3.05) is 0 Å². The Kier molecular flexibility index (Phi) is 1.94. The first-order valence-electron chi connectivity index (χ1n) is 4.10. The second-order valence-corrected chi connectivity index (χ2v) is 2.90. The van der Waals surface area contributed by atoms with Crippen LogP contribution in [0.5, 0.6) is 5.75 Å². The molecular formula is C9H9N3O2. The number of nitrogens with two attached hydrogens (primary N) is 1. The zero-order valence-electron chi connectivity index (χ0n) is 7.34. The van der Waals surface area contributed by atoms with E-state index < -0.39 is 0 Å². The Morgan fingerprint density at radius 2 is 2.29 bits per heavy atom. The highest BCUT2D eigenvalue weighted by atomic mass is 16.3. The molecule has 0 spiro atoms. The van der Waals surface area contributed by atoms with Gasteiger partial charge in [-0.25, -0.2) is 4.98 Å². The molecule has 1 aromatic carbocycles. The number of hydrogen-bond donors (Lipinski definition) is 2. The first kappa shape index (κ1) is 8.71. The highest BCUT2D eigenvalue weighted by molar-refractivity contribution is 5.78. The van der Waals surface area contributed by atoms with E-state index >= 15 is 0 Å². The molecule has 3 N–H and O–H groups in total. The number of nitrogens with zero attached hydrogens (tertiary/aromatic N) is 2. The van der Waals surface area contributed by atoms with Crippen molar-refractivity contribution in [3.63, 3.8) is 0 Å². The summed E-state index contributed by atoms with van der Waals surface area (Å²) in [7, 11) is 0. The second kappa shape index (κ2) is 3.12. The van der Waals surface area contributed by atoms with E-state index in [-0.39, 0.29) is 18.0 Å². The summed E-state index contributed by atoms with van der Waals surface area (Å²) in [5.74, 6) is 0.0474. The summed E-state index contributed by atoms with van der Waals surface area (Å²) >= 11 is 0. The van der Waals surface area contributed by atoms with Crippen LogP contribution >= 0.6 is 0 Å². The Morgan fingerprint density at radius 1 is 1.50 bits per heavy atom. The van der Waals surface area contributed by atoms with E-state index in [9.17, 15) is 9.90 Å². The van der Waals surface area contributed by atoms with E-state index in [1.54, 1.807) is 6.07 Å². The lowest BCUT2D eigenvalue weighted by Crippen LogP contribution is -2.24. The fraction of sp³-hybridized carbons (Fsp3) is 0.111. The molecule has 0 aliphatic carbocycles. The third kappa shape index (κ3) is 1.23. The van der Waals surface area contributed by atoms with Gasteiger partial charge in [-0.15, -0.1) is 0 Å². The van der Waals surface area contributed by atoms with Gasteiger partial charge in [0.25, 0.3) is 5.56 Å². The Hall–Kier alpha value is -1.88. The molecule has 2 aromatic rings. The zero-order valence-corrected chi connectivity index (χ0v) is 7.34. The van der Waals surface area contributed by atoms with Crippen molar-refractivity contribution < 1.29 is 5.11 Å². The van der Waals surface area contributed by atoms with Crippen molar-refractivity contribution in [2.24, 2.45) is 5.73 Å². The smallest absolute Gasteiger partial charge is 0.262 e. The summed E-state index contributed by atoms with van der Waals surface area (Å²) < 4.78 is 1.28. The number of phenolic OH excluding ortho intramolecular Hbond substituents is 1. The molecule has 0 atom stereocenters. The van der Waals surface area contributed by atoms with Crippen LogP contribution in [0.15, 0.2) is 29.3 Å². The molecule has 0 fully saturated rings. The maximum Gasteiger partial charge on any atom is 0.262 e. The average molecular weight is 191 g/mol. The van der Waals surface area contributed by atoms with Gasteiger partial charge in [-0.2, -0.15) is 0 Å². The lowest BCUT2D eigenvalue weighted by Gasteiger charge is -2.02. The minimum atomic E-state index is -0.242. The monoisotopic (exact) mass is 191 g/mol. The van der Waals surface area contributed by atoms with Crippen LogP contribution in [0.3, 0.4) is 0 Å². The van der Waals surface area contributed by atoms with Crippen LogP contribution in [0.2, 0.25) is 0 Å². The minimum Gasteiger partial charge on any atom is -0.508 e. The summed E-state index contributed by atoms with van der Waals surface area (Å²) in [4.78, 5) is 15.7. The Morgan fingerprint density at radius 3 is 3.00 bits per heavy atom. The molecule has 1 heterocycles. The van der Waals surface area contributed by atoms with Crippen LogP contribution in [0, 0.1) is 0 Å². The molecule has 0 unspecified atom stereocenters. The molecule has 14 heavy (non-hydrogen) atoms. The van der Waals surface area contributed by atoms with Gasteiger partial charge in [0, 0.05) is 0 Å². The summed E-state index contributed by atoms with van der Waals surface area (Å²) in [6.45, 7) is 0.0808. The number of hydrogen-bond acceptors (Lipinski definition) is 4. The molecule has 1 aromatic heterocycles. The van der Waals surface area contributed by atoms with E-state index in [1.165, 1.54) is 23.0 Å². The van der Waals surface area contributed by atoms with Crippen LogP contribution in [0.1, 0.15) is 0 Å². The first-order valence-corrected chi connectivity index (χ1v) is 4.10. The van der Waals surface area contributed by atoms with Gasteiger partial charge in [0.15, 0.2) is 0 Å². The summed E-state index contributed by atoms with van der Waals surface area (Å²) in [6.07, 6.45) is 1.39. The number of aromatic nitrogens is 2. The fourth-order valence-corrected chi connectivity index (χ4v) is 1.28. The molecule has 0 radical (unpaired) electrons. The lowest BCUT2D eigenvalue weighted by atomic mass is 10.2. The molecule has 72 valence electrons. The molecule has 5 heteroatoms. The number of benzene rings is 1. The van der Waals surface area contributed by atoms with Crippen molar-refractivity contribution in [3.8, 4) is 5.75 Å². The van der Waals surface area contributed by atoms with Gasteiger partial charge in [-0.05, 0) is 18.2 Å². The van der Waals surface area contributed by atoms with E-state index in [4.69, 9.17) is 5.73 Å². The minimum absolute atomic E-state index is 0.0474.